The molecule has 0 bridgehead atoms. The van der Waals surface area contributed by atoms with Gasteiger partial charge in [0.2, 0.25) is 0 Å². The van der Waals surface area contributed by atoms with Gasteiger partial charge in [0.05, 0.1) is 11.1 Å². The van der Waals surface area contributed by atoms with Crippen molar-refractivity contribution in [2.75, 3.05) is 11.9 Å². The molecule has 5 rings (SSSR count). The molecular weight excluding hydrogens is 460 g/mol. The van der Waals surface area contributed by atoms with Gasteiger partial charge in [-0.3, -0.25) is 9.59 Å². The number of imide groups is 1. The lowest BCUT2D eigenvalue weighted by molar-refractivity contribution is -0.172. The van der Waals surface area contributed by atoms with Crippen LogP contribution < -0.4 is 4.90 Å². The van der Waals surface area contributed by atoms with Crippen LogP contribution in [0.15, 0.2) is 65.9 Å². The van der Waals surface area contributed by atoms with Crippen LogP contribution in [-0.4, -0.2) is 41.0 Å². The standard InChI is InChI=1S/C28H24N2O6/c1-15-13-17(28(35)36-30-22(31)11-12-23(30)32)14-16(2)24(15)19-8-6-10-21-25(19)26(27(33)34)18-7-4-5-9-20(18)29(21)3/h4-10,13-14,19H,11-12H2,1-3H3,(H,33,34). The van der Waals surface area contributed by atoms with E-state index in [0.717, 1.165) is 28.1 Å². The summed E-state index contributed by atoms with van der Waals surface area (Å²) in [5.41, 5.74) is 5.79. The van der Waals surface area contributed by atoms with E-state index in [-0.39, 0.29) is 29.9 Å². The molecule has 36 heavy (non-hydrogen) atoms. The van der Waals surface area contributed by atoms with Crippen molar-refractivity contribution in [2.24, 2.45) is 0 Å². The highest BCUT2D eigenvalue weighted by molar-refractivity contribution is 6.21. The Morgan fingerprint density at radius 3 is 2.31 bits per heavy atom. The average molecular weight is 485 g/mol. The second-order valence-electron chi connectivity index (χ2n) is 9.07. The van der Waals surface area contributed by atoms with Crippen molar-refractivity contribution >= 4 is 35.0 Å². The quantitative estimate of drug-likeness (QED) is 0.653. The Morgan fingerprint density at radius 2 is 1.67 bits per heavy atom. The number of hydrogen-bond donors (Lipinski definition) is 1. The van der Waals surface area contributed by atoms with Crippen LogP contribution in [-0.2, 0) is 19.2 Å². The second kappa shape index (κ2) is 8.64. The number of anilines is 1. The molecule has 2 aromatic rings. The zero-order chi connectivity index (χ0) is 25.7. The van der Waals surface area contributed by atoms with Crippen LogP contribution in [0.3, 0.4) is 0 Å². The van der Waals surface area contributed by atoms with Crippen molar-refractivity contribution in [3.63, 3.8) is 0 Å². The summed E-state index contributed by atoms with van der Waals surface area (Å²) in [6.07, 6.45) is 5.82. The van der Waals surface area contributed by atoms with Crippen molar-refractivity contribution in [1.29, 1.82) is 0 Å². The molecule has 2 aromatic carbocycles. The van der Waals surface area contributed by atoms with E-state index in [0.29, 0.717) is 16.2 Å². The first kappa shape index (κ1) is 23.3. The minimum atomic E-state index is -1.01. The van der Waals surface area contributed by atoms with Gasteiger partial charge in [0, 0.05) is 48.3 Å². The van der Waals surface area contributed by atoms with Gasteiger partial charge in [0.1, 0.15) is 0 Å². The minimum absolute atomic E-state index is 0.0194. The third-order valence-corrected chi connectivity index (χ3v) is 6.84. The highest BCUT2D eigenvalue weighted by atomic mass is 16.7. The molecule has 8 heteroatoms. The van der Waals surface area contributed by atoms with Crippen molar-refractivity contribution in [1.82, 2.24) is 5.06 Å². The van der Waals surface area contributed by atoms with Crippen LogP contribution in [0.25, 0.3) is 5.57 Å². The molecule has 1 saturated heterocycles. The number of nitrogens with zero attached hydrogens (tertiary/aromatic N) is 2. The van der Waals surface area contributed by atoms with Crippen LogP contribution in [0.1, 0.15) is 51.4 Å². The average Bonchev–Trinajstić information content (AvgIpc) is 3.16. The summed E-state index contributed by atoms with van der Waals surface area (Å²) in [5, 5.41) is 10.8. The third kappa shape index (κ3) is 3.62. The molecule has 0 radical (unpaired) electrons. The van der Waals surface area contributed by atoms with E-state index in [4.69, 9.17) is 4.84 Å². The highest BCUT2D eigenvalue weighted by Gasteiger charge is 2.37. The van der Waals surface area contributed by atoms with Crippen molar-refractivity contribution in [2.45, 2.75) is 32.6 Å². The second-order valence-corrected chi connectivity index (χ2v) is 9.07. The maximum Gasteiger partial charge on any atom is 0.363 e. The molecule has 1 atom stereocenters. The number of benzene rings is 2. The minimum Gasteiger partial charge on any atom is -0.478 e. The van der Waals surface area contributed by atoms with Crippen LogP contribution in [0, 0.1) is 13.8 Å². The summed E-state index contributed by atoms with van der Waals surface area (Å²) in [6, 6.07) is 10.7. The van der Waals surface area contributed by atoms with Crippen LogP contribution >= 0.6 is 0 Å². The Kier molecular flexibility index (Phi) is 5.59. The number of allylic oxidation sites excluding steroid dienone is 4. The lowest BCUT2D eigenvalue weighted by atomic mass is 9.76. The topological polar surface area (TPSA) is 104 Å². The van der Waals surface area contributed by atoms with Gasteiger partial charge in [-0.15, -0.1) is 5.06 Å². The monoisotopic (exact) mass is 484 g/mol. The van der Waals surface area contributed by atoms with Crippen LogP contribution in [0.4, 0.5) is 5.69 Å². The fourth-order valence-corrected chi connectivity index (χ4v) is 5.28. The van der Waals surface area contributed by atoms with E-state index >= 15 is 0 Å². The Balaban J connectivity index is 1.58. The molecule has 2 aliphatic heterocycles. The number of carboxylic acids is 1. The van der Waals surface area contributed by atoms with Gasteiger partial charge >= 0.3 is 11.9 Å². The number of carbonyl (C=O) groups is 4. The van der Waals surface area contributed by atoms with E-state index < -0.39 is 23.8 Å². The predicted molar refractivity (Wildman–Crippen MR) is 132 cm³/mol. The molecular formula is C28H24N2O6. The van der Waals surface area contributed by atoms with E-state index in [1.165, 1.54) is 0 Å². The third-order valence-electron chi connectivity index (χ3n) is 6.84. The molecule has 0 spiro atoms. The van der Waals surface area contributed by atoms with Crippen molar-refractivity contribution < 1.29 is 29.1 Å². The number of hydroxylamine groups is 2. The fraction of sp³-hybridized carbons (Fsp3) is 0.214. The number of likely N-dealkylation sites (N-methyl/N-ethyl adjacent to an activating group) is 1. The van der Waals surface area contributed by atoms with E-state index in [1.807, 2.05) is 68.3 Å². The smallest absolute Gasteiger partial charge is 0.363 e. The van der Waals surface area contributed by atoms with Gasteiger partial charge in [-0.1, -0.05) is 30.4 Å². The number of carboxylic acid groups (broad SMARTS) is 1. The number of aryl methyl sites for hydroxylation is 2. The Bertz CT molecular complexity index is 1410. The normalized spacial score (nSPS) is 18.8. The summed E-state index contributed by atoms with van der Waals surface area (Å²) in [7, 11) is 1.92. The number of amides is 2. The van der Waals surface area contributed by atoms with Crippen LogP contribution in [0.5, 0.6) is 0 Å². The SMILES string of the molecule is Cc1cc(C(=O)ON2C(=O)CCC2=O)cc(C)c1C1C=CC=C2C1=C(C(=O)O)c1ccccc1N2C. The number of para-hydroxylation sites is 1. The zero-order valence-corrected chi connectivity index (χ0v) is 20.1. The number of hydrogen-bond acceptors (Lipinski definition) is 6. The molecule has 3 aliphatic rings. The van der Waals surface area contributed by atoms with Crippen LogP contribution in [0.2, 0.25) is 0 Å². The largest absolute Gasteiger partial charge is 0.478 e. The first-order valence-electron chi connectivity index (χ1n) is 11.6. The molecule has 1 N–H and O–H groups in total. The summed E-state index contributed by atoms with van der Waals surface area (Å²) >= 11 is 0. The molecule has 0 saturated carbocycles. The number of carbonyl (C=O) groups excluding carboxylic acids is 3. The maximum absolute atomic E-state index is 12.7. The molecule has 1 fully saturated rings. The van der Waals surface area contributed by atoms with E-state index in [2.05, 4.69) is 0 Å². The number of fused-ring (bicyclic) bond motifs is 2. The Morgan fingerprint density at radius 1 is 1.03 bits per heavy atom. The molecule has 2 heterocycles. The molecule has 8 nitrogen and oxygen atoms in total. The lowest BCUT2D eigenvalue weighted by Gasteiger charge is -2.37. The van der Waals surface area contributed by atoms with Gasteiger partial charge in [0.15, 0.2) is 0 Å². The Labute approximate surface area is 207 Å². The summed E-state index contributed by atoms with van der Waals surface area (Å²) in [4.78, 5) is 56.0. The molecule has 182 valence electrons. The molecule has 2 amide bonds. The first-order valence-corrected chi connectivity index (χ1v) is 11.6. The number of rotatable bonds is 4. The maximum atomic E-state index is 12.7. The van der Waals surface area contributed by atoms with Gasteiger partial charge in [-0.2, -0.15) is 0 Å². The predicted octanol–water partition coefficient (Wildman–Crippen LogP) is 4.05. The van der Waals surface area contributed by atoms with Crippen molar-refractivity contribution in [3.05, 3.63) is 93.7 Å². The van der Waals surface area contributed by atoms with Gasteiger partial charge < -0.3 is 14.8 Å². The zero-order valence-electron chi connectivity index (χ0n) is 20.1. The lowest BCUT2D eigenvalue weighted by Crippen LogP contribution is -2.32. The number of aliphatic carboxylic acids is 1. The molecule has 1 aliphatic carbocycles. The van der Waals surface area contributed by atoms with Crippen molar-refractivity contribution in [3.8, 4) is 0 Å². The Hall–Kier alpha value is -4.46. The van der Waals surface area contributed by atoms with Gasteiger partial charge in [0.25, 0.3) is 11.8 Å². The summed E-state index contributed by atoms with van der Waals surface area (Å²) in [5.74, 6) is -3.25. The molecule has 0 aromatic heterocycles. The summed E-state index contributed by atoms with van der Waals surface area (Å²) < 4.78 is 0. The highest BCUT2D eigenvalue weighted by Crippen LogP contribution is 2.48. The van der Waals surface area contributed by atoms with E-state index in [1.54, 1.807) is 12.1 Å². The molecule has 1 unspecified atom stereocenters. The van der Waals surface area contributed by atoms with Gasteiger partial charge in [-0.25, -0.2) is 9.59 Å². The van der Waals surface area contributed by atoms with E-state index in [9.17, 15) is 24.3 Å². The van der Waals surface area contributed by atoms with Gasteiger partial charge in [-0.05, 0) is 54.8 Å². The first-order chi connectivity index (χ1) is 17.2. The fourth-order valence-electron chi connectivity index (χ4n) is 5.28. The summed E-state index contributed by atoms with van der Waals surface area (Å²) in [6.45, 7) is 3.69.